The van der Waals surface area contributed by atoms with Crippen molar-refractivity contribution in [1.82, 2.24) is 19.7 Å². The number of para-hydroxylation sites is 2. The van der Waals surface area contributed by atoms with E-state index in [1.165, 1.54) is 6.20 Å². The summed E-state index contributed by atoms with van der Waals surface area (Å²) >= 11 is 18.3. The second-order valence-corrected chi connectivity index (χ2v) is 7.30. The standard InChI is InChI=1S/C19H14Cl3N5O/c20-12-6-5-11(13(21)9-12)7-8-23-16-10-24-27(18(28)17(16)22)19-25-14-3-1-2-4-15(14)26-19/h1-6,9-10,23H,7-8H2,(H,25,26). The van der Waals surface area contributed by atoms with Crippen LogP contribution in [0.4, 0.5) is 5.69 Å². The second kappa shape index (κ2) is 7.83. The molecule has 0 aliphatic rings. The molecule has 0 spiro atoms. The normalized spacial score (nSPS) is 11.1. The Morgan fingerprint density at radius 1 is 1.11 bits per heavy atom. The zero-order chi connectivity index (χ0) is 19.7. The Labute approximate surface area is 175 Å². The topological polar surface area (TPSA) is 75.6 Å². The summed E-state index contributed by atoms with van der Waals surface area (Å²) in [7, 11) is 0. The van der Waals surface area contributed by atoms with Crippen LogP contribution in [0.1, 0.15) is 5.56 Å². The molecule has 0 saturated heterocycles. The summed E-state index contributed by atoms with van der Waals surface area (Å²) in [5.74, 6) is 0.313. The van der Waals surface area contributed by atoms with E-state index in [0.29, 0.717) is 34.6 Å². The van der Waals surface area contributed by atoms with Crippen molar-refractivity contribution in [2.75, 3.05) is 11.9 Å². The molecule has 4 rings (SSSR count). The van der Waals surface area contributed by atoms with Gasteiger partial charge in [-0.2, -0.15) is 9.78 Å². The summed E-state index contributed by atoms with van der Waals surface area (Å²) in [6.07, 6.45) is 2.14. The van der Waals surface area contributed by atoms with Gasteiger partial charge >= 0.3 is 0 Å². The van der Waals surface area contributed by atoms with Gasteiger partial charge in [-0.3, -0.25) is 4.79 Å². The molecule has 2 aromatic heterocycles. The Bertz CT molecular complexity index is 1180. The third-order valence-electron chi connectivity index (χ3n) is 4.22. The van der Waals surface area contributed by atoms with Gasteiger partial charge in [-0.1, -0.05) is 53.0 Å². The lowest BCUT2D eigenvalue weighted by atomic mass is 10.1. The van der Waals surface area contributed by atoms with Gasteiger partial charge in [0.15, 0.2) is 0 Å². The molecule has 0 amide bonds. The first-order chi connectivity index (χ1) is 13.5. The van der Waals surface area contributed by atoms with E-state index in [-0.39, 0.29) is 5.02 Å². The van der Waals surface area contributed by atoms with Gasteiger partial charge in [0.05, 0.1) is 22.9 Å². The molecule has 0 bridgehead atoms. The van der Waals surface area contributed by atoms with Gasteiger partial charge in [0.25, 0.3) is 5.56 Å². The van der Waals surface area contributed by atoms with Crippen LogP contribution in [0.25, 0.3) is 17.0 Å². The molecule has 6 nitrogen and oxygen atoms in total. The molecule has 0 saturated carbocycles. The van der Waals surface area contributed by atoms with Crippen LogP contribution in [0.5, 0.6) is 0 Å². The number of H-pyrrole nitrogens is 1. The van der Waals surface area contributed by atoms with E-state index >= 15 is 0 Å². The van der Waals surface area contributed by atoms with Crippen LogP contribution in [-0.2, 0) is 6.42 Å². The molecule has 0 aliphatic carbocycles. The Morgan fingerprint density at radius 2 is 1.93 bits per heavy atom. The van der Waals surface area contributed by atoms with Crippen molar-refractivity contribution in [3.63, 3.8) is 0 Å². The smallest absolute Gasteiger partial charge is 0.295 e. The number of imidazole rings is 1. The van der Waals surface area contributed by atoms with Crippen LogP contribution in [0, 0.1) is 0 Å². The minimum atomic E-state index is -0.463. The number of benzene rings is 2. The average Bonchev–Trinajstić information content (AvgIpc) is 3.10. The number of halogens is 3. The van der Waals surface area contributed by atoms with E-state index in [0.717, 1.165) is 21.3 Å². The number of aromatic amines is 1. The highest BCUT2D eigenvalue weighted by atomic mass is 35.5. The fourth-order valence-corrected chi connectivity index (χ4v) is 3.50. The maximum absolute atomic E-state index is 12.6. The summed E-state index contributed by atoms with van der Waals surface area (Å²) in [6, 6.07) is 12.8. The number of fused-ring (bicyclic) bond motifs is 1. The number of nitrogens with one attached hydrogen (secondary N) is 2. The SMILES string of the molecule is O=c1c(Cl)c(NCCc2ccc(Cl)cc2Cl)cnn1-c1nc2ccccc2[nH]1. The zero-order valence-electron chi connectivity index (χ0n) is 14.4. The minimum absolute atomic E-state index is 0.0395. The third-order valence-corrected chi connectivity index (χ3v) is 5.17. The van der Waals surface area contributed by atoms with E-state index in [1.807, 2.05) is 30.3 Å². The number of nitrogens with zero attached hydrogens (tertiary/aromatic N) is 3. The molecule has 0 atom stereocenters. The van der Waals surface area contributed by atoms with Crippen LogP contribution in [-0.4, -0.2) is 26.3 Å². The molecule has 2 N–H and O–H groups in total. The number of hydrogen-bond acceptors (Lipinski definition) is 4. The first-order valence-electron chi connectivity index (χ1n) is 8.43. The molecule has 4 aromatic rings. The van der Waals surface area contributed by atoms with Gasteiger partial charge < -0.3 is 10.3 Å². The largest absolute Gasteiger partial charge is 0.382 e. The highest BCUT2D eigenvalue weighted by Crippen LogP contribution is 2.22. The van der Waals surface area contributed by atoms with E-state index in [4.69, 9.17) is 34.8 Å². The van der Waals surface area contributed by atoms with Gasteiger partial charge in [-0.25, -0.2) is 4.98 Å². The van der Waals surface area contributed by atoms with Gasteiger partial charge in [-0.15, -0.1) is 0 Å². The number of aromatic nitrogens is 4. The molecule has 0 fully saturated rings. The Balaban J connectivity index is 1.53. The van der Waals surface area contributed by atoms with Crippen LogP contribution < -0.4 is 10.9 Å². The van der Waals surface area contributed by atoms with Crippen LogP contribution >= 0.6 is 34.8 Å². The average molecular weight is 435 g/mol. The third kappa shape index (κ3) is 3.71. The van der Waals surface area contributed by atoms with E-state index in [2.05, 4.69) is 20.4 Å². The molecule has 28 heavy (non-hydrogen) atoms. The molecule has 0 unspecified atom stereocenters. The first kappa shape index (κ1) is 18.8. The van der Waals surface area contributed by atoms with E-state index in [1.54, 1.807) is 12.1 Å². The summed E-state index contributed by atoms with van der Waals surface area (Å²) in [5, 5.41) is 8.52. The lowest BCUT2D eigenvalue weighted by molar-refractivity contribution is 0.767. The number of anilines is 1. The van der Waals surface area contributed by atoms with Crippen LogP contribution in [0.3, 0.4) is 0 Å². The Hall–Kier alpha value is -2.54. The van der Waals surface area contributed by atoms with Crippen molar-refractivity contribution < 1.29 is 0 Å². The molecular formula is C19H14Cl3N5O. The summed E-state index contributed by atoms with van der Waals surface area (Å²) in [4.78, 5) is 20.1. The van der Waals surface area contributed by atoms with Crippen LogP contribution in [0.2, 0.25) is 15.1 Å². The fraction of sp³-hybridized carbons (Fsp3) is 0.105. The van der Waals surface area contributed by atoms with Crippen molar-refractivity contribution >= 4 is 51.5 Å². The lowest BCUT2D eigenvalue weighted by Gasteiger charge is -2.10. The maximum atomic E-state index is 12.6. The molecule has 0 aliphatic heterocycles. The lowest BCUT2D eigenvalue weighted by Crippen LogP contribution is -2.24. The van der Waals surface area contributed by atoms with E-state index in [9.17, 15) is 4.79 Å². The molecular weight excluding hydrogens is 421 g/mol. The molecule has 2 heterocycles. The predicted molar refractivity (Wildman–Crippen MR) is 113 cm³/mol. The molecule has 0 radical (unpaired) electrons. The quantitative estimate of drug-likeness (QED) is 0.476. The van der Waals surface area contributed by atoms with Gasteiger partial charge in [0.1, 0.15) is 5.02 Å². The highest BCUT2D eigenvalue weighted by Gasteiger charge is 2.13. The van der Waals surface area contributed by atoms with Gasteiger partial charge in [0.2, 0.25) is 5.95 Å². The summed E-state index contributed by atoms with van der Waals surface area (Å²) in [5.41, 5.74) is 2.48. The van der Waals surface area contributed by atoms with Gasteiger partial charge in [0, 0.05) is 16.6 Å². The zero-order valence-corrected chi connectivity index (χ0v) is 16.7. The molecule has 142 valence electrons. The Morgan fingerprint density at radius 3 is 2.71 bits per heavy atom. The van der Waals surface area contributed by atoms with Crippen molar-refractivity contribution in [2.24, 2.45) is 0 Å². The van der Waals surface area contributed by atoms with Crippen molar-refractivity contribution in [2.45, 2.75) is 6.42 Å². The highest BCUT2D eigenvalue weighted by molar-refractivity contribution is 6.35. The predicted octanol–water partition coefficient (Wildman–Crippen LogP) is 4.72. The van der Waals surface area contributed by atoms with Gasteiger partial charge in [-0.05, 0) is 36.2 Å². The monoisotopic (exact) mass is 433 g/mol. The number of rotatable bonds is 5. The van der Waals surface area contributed by atoms with Crippen molar-refractivity contribution in [1.29, 1.82) is 0 Å². The maximum Gasteiger partial charge on any atom is 0.295 e. The summed E-state index contributed by atoms with van der Waals surface area (Å²) < 4.78 is 1.14. The minimum Gasteiger partial charge on any atom is -0.382 e. The van der Waals surface area contributed by atoms with Crippen molar-refractivity contribution in [3.8, 4) is 5.95 Å². The summed E-state index contributed by atoms with van der Waals surface area (Å²) in [6.45, 7) is 0.525. The second-order valence-electron chi connectivity index (χ2n) is 6.08. The fourth-order valence-electron chi connectivity index (χ4n) is 2.80. The van der Waals surface area contributed by atoms with E-state index < -0.39 is 5.56 Å². The van der Waals surface area contributed by atoms with Crippen LogP contribution in [0.15, 0.2) is 53.5 Å². The number of hydrogen-bond donors (Lipinski definition) is 2. The van der Waals surface area contributed by atoms with Crippen molar-refractivity contribution in [3.05, 3.63) is 79.6 Å². The Kier molecular flexibility index (Phi) is 5.26. The first-order valence-corrected chi connectivity index (χ1v) is 9.57. The molecule has 2 aromatic carbocycles. The molecule has 9 heteroatoms.